The summed E-state index contributed by atoms with van der Waals surface area (Å²) in [6, 6.07) is 7.25. The summed E-state index contributed by atoms with van der Waals surface area (Å²) in [5, 5.41) is 3.06. The van der Waals surface area contributed by atoms with E-state index in [1.165, 1.54) is 0 Å². The van der Waals surface area contributed by atoms with Gasteiger partial charge in [0.25, 0.3) is 5.91 Å². The van der Waals surface area contributed by atoms with Gasteiger partial charge in [0.15, 0.2) is 11.5 Å². The van der Waals surface area contributed by atoms with Gasteiger partial charge in [-0.2, -0.15) is 0 Å². The highest BCUT2D eigenvalue weighted by atomic mass is 16.6. The van der Waals surface area contributed by atoms with E-state index in [0.29, 0.717) is 31.0 Å². The SMILES string of the molecule is O=C(NNC(=O)[C@H]1COc2ccccc2O1)[C@H]1CCCN(C(=O)NC2CCCC2)C1. The molecule has 4 amide bonds. The first-order valence-electron chi connectivity index (χ1n) is 10.6. The van der Waals surface area contributed by atoms with Gasteiger partial charge in [0.2, 0.25) is 12.0 Å². The summed E-state index contributed by atoms with van der Waals surface area (Å²) in [6.45, 7) is 1.05. The first-order valence-corrected chi connectivity index (χ1v) is 10.6. The molecule has 0 spiro atoms. The minimum atomic E-state index is -0.847. The molecule has 9 nitrogen and oxygen atoms in total. The number of amides is 4. The fourth-order valence-electron chi connectivity index (χ4n) is 4.17. The number of para-hydroxylation sites is 2. The van der Waals surface area contributed by atoms with E-state index in [9.17, 15) is 14.4 Å². The van der Waals surface area contributed by atoms with E-state index in [1.807, 2.05) is 6.07 Å². The molecule has 1 saturated heterocycles. The van der Waals surface area contributed by atoms with E-state index in [0.717, 1.165) is 32.1 Å². The Morgan fingerprint density at radius 3 is 2.47 bits per heavy atom. The van der Waals surface area contributed by atoms with E-state index in [2.05, 4.69) is 16.2 Å². The smallest absolute Gasteiger partial charge is 0.317 e. The average Bonchev–Trinajstić information content (AvgIpc) is 3.30. The molecule has 0 bridgehead atoms. The quantitative estimate of drug-likeness (QED) is 0.645. The highest BCUT2D eigenvalue weighted by molar-refractivity contribution is 5.86. The van der Waals surface area contributed by atoms with Crippen LogP contribution in [0.5, 0.6) is 11.5 Å². The molecule has 9 heteroatoms. The van der Waals surface area contributed by atoms with Crippen LogP contribution in [-0.4, -0.2) is 54.6 Å². The molecule has 30 heavy (non-hydrogen) atoms. The van der Waals surface area contributed by atoms with Crippen molar-refractivity contribution in [1.29, 1.82) is 0 Å². The number of hydrogen-bond acceptors (Lipinski definition) is 5. The molecule has 1 aromatic rings. The van der Waals surface area contributed by atoms with Crippen LogP contribution in [0.4, 0.5) is 4.79 Å². The monoisotopic (exact) mass is 416 g/mol. The predicted octanol–water partition coefficient (Wildman–Crippen LogP) is 1.34. The number of likely N-dealkylation sites (tertiary alicyclic amines) is 1. The molecule has 2 fully saturated rings. The van der Waals surface area contributed by atoms with Crippen molar-refractivity contribution in [2.24, 2.45) is 5.92 Å². The summed E-state index contributed by atoms with van der Waals surface area (Å²) >= 11 is 0. The predicted molar refractivity (Wildman–Crippen MR) is 108 cm³/mol. The molecule has 1 aromatic carbocycles. The van der Waals surface area contributed by atoms with Crippen molar-refractivity contribution in [1.82, 2.24) is 21.1 Å². The molecule has 3 aliphatic rings. The lowest BCUT2D eigenvalue weighted by Gasteiger charge is -2.33. The first kappa shape index (κ1) is 20.3. The van der Waals surface area contributed by atoms with Crippen LogP contribution in [0.3, 0.4) is 0 Å². The fraction of sp³-hybridized carbons (Fsp3) is 0.571. The number of benzene rings is 1. The lowest BCUT2D eigenvalue weighted by molar-refractivity contribution is -0.136. The van der Waals surface area contributed by atoms with Crippen LogP contribution in [0, 0.1) is 5.92 Å². The standard InChI is InChI=1S/C21H28N4O5/c26-19(14-6-5-11-25(12-14)21(28)22-15-7-1-2-8-15)23-24-20(27)18-13-29-16-9-3-4-10-17(16)30-18/h3-4,9-10,14-15,18H,1-2,5-8,11-13H2,(H,22,28)(H,23,26)(H,24,27)/t14-,18+/m0/s1. The van der Waals surface area contributed by atoms with Gasteiger partial charge in [0.05, 0.1) is 5.92 Å². The molecule has 1 saturated carbocycles. The number of ether oxygens (including phenoxy) is 2. The molecule has 4 rings (SSSR count). The van der Waals surface area contributed by atoms with Crippen molar-refractivity contribution in [3.8, 4) is 11.5 Å². The number of carbonyl (C=O) groups is 3. The maximum atomic E-state index is 12.5. The Hall–Kier alpha value is -2.97. The van der Waals surface area contributed by atoms with Crippen molar-refractivity contribution in [3.63, 3.8) is 0 Å². The van der Waals surface area contributed by atoms with Gasteiger partial charge in [-0.05, 0) is 37.8 Å². The zero-order valence-corrected chi connectivity index (χ0v) is 16.9. The highest BCUT2D eigenvalue weighted by Gasteiger charge is 2.31. The van der Waals surface area contributed by atoms with Gasteiger partial charge in [0.1, 0.15) is 6.61 Å². The van der Waals surface area contributed by atoms with Gasteiger partial charge in [-0.25, -0.2) is 4.79 Å². The Balaban J connectivity index is 1.23. The highest BCUT2D eigenvalue weighted by Crippen LogP contribution is 2.30. The van der Waals surface area contributed by atoms with Crippen LogP contribution in [0.2, 0.25) is 0 Å². The van der Waals surface area contributed by atoms with E-state index in [-0.39, 0.29) is 30.5 Å². The molecule has 2 atom stereocenters. The third kappa shape index (κ3) is 4.77. The number of carbonyl (C=O) groups excluding carboxylic acids is 3. The number of nitrogens with zero attached hydrogens (tertiary/aromatic N) is 1. The maximum absolute atomic E-state index is 12.5. The van der Waals surface area contributed by atoms with Gasteiger partial charge >= 0.3 is 6.03 Å². The minimum absolute atomic E-state index is 0.0667. The Morgan fingerprint density at radius 1 is 0.933 bits per heavy atom. The number of rotatable bonds is 3. The van der Waals surface area contributed by atoms with Gasteiger partial charge in [-0.3, -0.25) is 20.4 Å². The Labute approximate surface area is 175 Å². The summed E-state index contributed by atoms with van der Waals surface area (Å²) in [7, 11) is 0. The van der Waals surface area contributed by atoms with Gasteiger partial charge < -0.3 is 19.7 Å². The molecule has 3 N–H and O–H groups in total. The molecular weight excluding hydrogens is 388 g/mol. The van der Waals surface area contributed by atoms with Gasteiger partial charge in [-0.1, -0.05) is 25.0 Å². The summed E-state index contributed by atoms with van der Waals surface area (Å²) in [4.78, 5) is 39.1. The van der Waals surface area contributed by atoms with Crippen molar-refractivity contribution in [2.45, 2.75) is 50.7 Å². The number of hydrogen-bond donors (Lipinski definition) is 3. The molecule has 2 aliphatic heterocycles. The number of urea groups is 1. The third-order valence-electron chi connectivity index (χ3n) is 5.87. The molecule has 0 radical (unpaired) electrons. The Kier molecular flexibility index (Phi) is 6.25. The van der Waals surface area contributed by atoms with Crippen LogP contribution in [-0.2, 0) is 9.59 Å². The van der Waals surface area contributed by atoms with Crippen LogP contribution in [0.15, 0.2) is 24.3 Å². The zero-order chi connectivity index (χ0) is 20.9. The lowest BCUT2D eigenvalue weighted by Crippen LogP contribution is -2.55. The third-order valence-corrected chi connectivity index (χ3v) is 5.87. The zero-order valence-electron chi connectivity index (χ0n) is 16.9. The van der Waals surface area contributed by atoms with Crippen LogP contribution in [0.25, 0.3) is 0 Å². The van der Waals surface area contributed by atoms with E-state index < -0.39 is 12.0 Å². The fourth-order valence-corrected chi connectivity index (χ4v) is 4.17. The number of fused-ring (bicyclic) bond motifs is 1. The molecular formula is C21H28N4O5. The topological polar surface area (TPSA) is 109 Å². The molecule has 2 heterocycles. The van der Waals surface area contributed by atoms with Gasteiger partial charge in [0, 0.05) is 19.1 Å². The number of nitrogens with one attached hydrogen (secondary N) is 3. The second-order valence-electron chi connectivity index (χ2n) is 8.06. The summed E-state index contributed by atoms with van der Waals surface area (Å²) in [6.07, 6.45) is 4.92. The largest absolute Gasteiger partial charge is 0.485 e. The molecule has 0 aromatic heterocycles. The Bertz CT molecular complexity index is 795. The summed E-state index contributed by atoms with van der Waals surface area (Å²) < 4.78 is 11.2. The van der Waals surface area contributed by atoms with Crippen molar-refractivity contribution >= 4 is 17.8 Å². The van der Waals surface area contributed by atoms with Crippen LogP contribution >= 0.6 is 0 Å². The van der Waals surface area contributed by atoms with Crippen molar-refractivity contribution in [2.75, 3.05) is 19.7 Å². The van der Waals surface area contributed by atoms with E-state index in [1.54, 1.807) is 23.1 Å². The van der Waals surface area contributed by atoms with Gasteiger partial charge in [-0.15, -0.1) is 0 Å². The molecule has 162 valence electrons. The molecule has 1 aliphatic carbocycles. The first-order chi connectivity index (χ1) is 14.6. The van der Waals surface area contributed by atoms with Crippen LogP contribution < -0.4 is 25.6 Å². The second-order valence-corrected chi connectivity index (χ2v) is 8.06. The van der Waals surface area contributed by atoms with Crippen molar-refractivity contribution in [3.05, 3.63) is 24.3 Å². The lowest BCUT2D eigenvalue weighted by atomic mass is 9.97. The average molecular weight is 416 g/mol. The summed E-state index contributed by atoms with van der Waals surface area (Å²) in [5.41, 5.74) is 4.89. The van der Waals surface area contributed by atoms with Crippen molar-refractivity contribution < 1.29 is 23.9 Å². The van der Waals surface area contributed by atoms with E-state index in [4.69, 9.17) is 9.47 Å². The minimum Gasteiger partial charge on any atom is -0.485 e. The molecule has 0 unspecified atom stereocenters. The van der Waals surface area contributed by atoms with E-state index >= 15 is 0 Å². The second kappa shape index (κ2) is 9.23. The normalized spacial score (nSPS) is 23.5. The number of piperidine rings is 1. The maximum Gasteiger partial charge on any atom is 0.317 e. The summed E-state index contributed by atoms with van der Waals surface area (Å²) in [5.74, 6) is -0.0730. The van der Waals surface area contributed by atoms with Crippen LogP contribution in [0.1, 0.15) is 38.5 Å². The Morgan fingerprint density at radius 2 is 1.67 bits per heavy atom. The number of hydrazine groups is 1.